The summed E-state index contributed by atoms with van der Waals surface area (Å²) >= 11 is 6.01. The van der Waals surface area contributed by atoms with Crippen LogP contribution in [0.4, 0.5) is 0 Å². The van der Waals surface area contributed by atoms with E-state index in [0.717, 1.165) is 0 Å². The van der Waals surface area contributed by atoms with Crippen molar-refractivity contribution in [2.75, 3.05) is 0 Å². The highest BCUT2D eigenvalue weighted by atomic mass is 35.5. The minimum absolute atomic E-state index is 0.356. The molecule has 1 atom stereocenters. The highest BCUT2D eigenvalue weighted by Gasteiger charge is 2.52. The van der Waals surface area contributed by atoms with Crippen molar-refractivity contribution in [2.24, 2.45) is 0 Å². The van der Waals surface area contributed by atoms with Gasteiger partial charge in [-0.05, 0) is 23.8 Å². The maximum absolute atomic E-state index is 12.5. The number of carboxylic acid groups (broad SMARTS) is 1. The summed E-state index contributed by atoms with van der Waals surface area (Å²) < 4.78 is 5.27. The zero-order valence-electron chi connectivity index (χ0n) is 10.9. The average Bonchev–Trinajstić information content (AvgIpc) is 2.73. The van der Waals surface area contributed by atoms with Crippen molar-refractivity contribution in [3.8, 4) is 5.75 Å². The van der Waals surface area contributed by atoms with Crippen molar-refractivity contribution < 1.29 is 19.4 Å². The summed E-state index contributed by atoms with van der Waals surface area (Å²) in [4.78, 5) is 23.8. The van der Waals surface area contributed by atoms with Crippen molar-refractivity contribution in [1.82, 2.24) is 0 Å². The molecule has 0 aromatic heterocycles. The van der Waals surface area contributed by atoms with E-state index < -0.39 is 17.4 Å². The molecular weight excluding hydrogens is 292 g/mol. The third kappa shape index (κ3) is 2.08. The van der Waals surface area contributed by atoms with Crippen LogP contribution in [0.25, 0.3) is 0 Å². The van der Waals surface area contributed by atoms with Crippen LogP contribution in [0.15, 0.2) is 48.5 Å². The van der Waals surface area contributed by atoms with Gasteiger partial charge in [0, 0.05) is 10.6 Å². The van der Waals surface area contributed by atoms with E-state index in [9.17, 15) is 14.7 Å². The van der Waals surface area contributed by atoms with E-state index >= 15 is 0 Å². The number of rotatable bonds is 3. The van der Waals surface area contributed by atoms with Crippen LogP contribution in [-0.2, 0) is 15.0 Å². The number of carboxylic acids is 1. The molecule has 4 nitrogen and oxygen atoms in total. The van der Waals surface area contributed by atoms with Crippen LogP contribution in [0.3, 0.4) is 0 Å². The number of carbonyl (C=O) groups is 2. The molecule has 1 aliphatic heterocycles. The summed E-state index contributed by atoms with van der Waals surface area (Å²) in [6.07, 6.45) is -0.386. The van der Waals surface area contributed by atoms with Gasteiger partial charge in [0.05, 0.1) is 6.42 Å². The van der Waals surface area contributed by atoms with Crippen molar-refractivity contribution in [1.29, 1.82) is 0 Å². The first-order valence-electron chi connectivity index (χ1n) is 6.33. The van der Waals surface area contributed by atoms with E-state index in [1.54, 1.807) is 48.5 Å². The summed E-state index contributed by atoms with van der Waals surface area (Å²) in [5.74, 6) is -1.31. The van der Waals surface area contributed by atoms with Crippen molar-refractivity contribution >= 4 is 23.5 Å². The largest absolute Gasteiger partial charge is 0.481 e. The first-order chi connectivity index (χ1) is 10.0. The number of aliphatic carboxylic acids is 1. The first-order valence-corrected chi connectivity index (χ1v) is 6.71. The Hall–Kier alpha value is -2.33. The van der Waals surface area contributed by atoms with E-state index in [4.69, 9.17) is 16.3 Å². The summed E-state index contributed by atoms with van der Waals surface area (Å²) in [6.45, 7) is 0. The molecule has 0 saturated carbocycles. The predicted molar refractivity (Wildman–Crippen MR) is 76.6 cm³/mol. The monoisotopic (exact) mass is 302 g/mol. The Morgan fingerprint density at radius 2 is 1.90 bits per heavy atom. The topological polar surface area (TPSA) is 63.6 Å². The molecule has 21 heavy (non-hydrogen) atoms. The number of esters is 1. The third-order valence-electron chi connectivity index (χ3n) is 3.64. The molecule has 1 aliphatic rings. The minimum Gasteiger partial charge on any atom is -0.481 e. The van der Waals surface area contributed by atoms with Crippen molar-refractivity contribution in [3.63, 3.8) is 0 Å². The van der Waals surface area contributed by atoms with Gasteiger partial charge >= 0.3 is 11.9 Å². The highest BCUT2D eigenvalue weighted by molar-refractivity contribution is 6.30. The fourth-order valence-electron chi connectivity index (χ4n) is 2.71. The standard InChI is InChI=1S/C16H11ClO4/c17-11-6-7-13-12(8-11)16(9-14(18)19,15(20)21-13)10-4-2-1-3-5-10/h1-8H,9H2,(H,18,19). The van der Waals surface area contributed by atoms with Crippen LogP contribution in [0.2, 0.25) is 5.02 Å². The molecule has 0 amide bonds. The van der Waals surface area contributed by atoms with Gasteiger partial charge in [-0.15, -0.1) is 0 Å². The maximum atomic E-state index is 12.5. The van der Waals surface area contributed by atoms with E-state index in [1.165, 1.54) is 0 Å². The van der Waals surface area contributed by atoms with Gasteiger partial charge in [-0.25, -0.2) is 0 Å². The summed E-state index contributed by atoms with van der Waals surface area (Å²) in [6, 6.07) is 13.6. The average molecular weight is 303 g/mol. The van der Waals surface area contributed by atoms with Gasteiger partial charge in [-0.1, -0.05) is 41.9 Å². The Morgan fingerprint density at radius 3 is 2.57 bits per heavy atom. The van der Waals surface area contributed by atoms with Gasteiger partial charge in [0.15, 0.2) is 0 Å². The zero-order chi connectivity index (χ0) is 15.0. The van der Waals surface area contributed by atoms with Crippen LogP contribution in [0.1, 0.15) is 17.5 Å². The molecule has 1 unspecified atom stereocenters. The van der Waals surface area contributed by atoms with Gasteiger partial charge in [0.2, 0.25) is 0 Å². The lowest BCUT2D eigenvalue weighted by Gasteiger charge is -2.24. The van der Waals surface area contributed by atoms with Crippen molar-refractivity contribution in [3.05, 3.63) is 64.7 Å². The van der Waals surface area contributed by atoms with E-state index in [-0.39, 0.29) is 6.42 Å². The Kier molecular flexibility index (Phi) is 3.18. The lowest BCUT2D eigenvalue weighted by Crippen LogP contribution is -2.37. The normalized spacial score (nSPS) is 20.0. The molecule has 2 aromatic carbocycles. The molecule has 1 heterocycles. The van der Waals surface area contributed by atoms with Crippen LogP contribution in [0, 0.1) is 0 Å². The number of hydrogen-bond donors (Lipinski definition) is 1. The van der Waals surface area contributed by atoms with Gasteiger partial charge in [-0.3, -0.25) is 9.59 Å². The quantitative estimate of drug-likeness (QED) is 0.699. The van der Waals surface area contributed by atoms with Gasteiger partial charge < -0.3 is 9.84 Å². The fraction of sp³-hybridized carbons (Fsp3) is 0.125. The zero-order valence-corrected chi connectivity index (χ0v) is 11.6. The molecular formula is C16H11ClO4. The molecule has 5 heteroatoms. The summed E-state index contributed by atoms with van der Waals surface area (Å²) in [5.41, 5.74) is -0.278. The molecule has 3 rings (SSSR count). The Labute approximate surface area is 125 Å². The Morgan fingerprint density at radius 1 is 1.19 bits per heavy atom. The Balaban J connectivity index is 2.29. The van der Waals surface area contributed by atoms with Crippen LogP contribution < -0.4 is 4.74 Å². The predicted octanol–water partition coefficient (Wildman–Crippen LogP) is 3.02. The molecule has 0 saturated heterocycles. The first kappa shape index (κ1) is 13.6. The molecule has 0 radical (unpaired) electrons. The fourth-order valence-corrected chi connectivity index (χ4v) is 2.89. The third-order valence-corrected chi connectivity index (χ3v) is 3.87. The highest BCUT2D eigenvalue weighted by Crippen LogP contribution is 2.47. The minimum atomic E-state index is -1.35. The second-order valence-corrected chi connectivity index (χ2v) is 5.31. The molecule has 0 aliphatic carbocycles. The van der Waals surface area contributed by atoms with E-state index in [2.05, 4.69) is 0 Å². The van der Waals surface area contributed by atoms with Gasteiger partial charge in [0.1, 0.15) is 11.2 Å². The van der Waals surface area contributed by atoms with E-state index in [0.29, 0.717) is 21.9 Å². The number of fused-ring (bicyclic) bond motifs is 1. The van der Waals surface area contributed by atoms with Gasteiger partial charge in [0.25, 0.3) is 0 Å². The smallest absolute Gasteiger partial charge is 0.327 e. The van der Waals surface area contributed by atoms with Crippen LogP contribution in [0.5, 0.6) is 5.75 Å². The Bertz CT molecular complexity index is 726. The lowest BCUT2D eigenvalue weighted by atomic mass is 9.73. The molecule has 0 spiro atoms. The number of ether oxygens (including phenoxy) is 1. The second kappa shape index (κ2) is 4.90. The van der Waals surface area contributed by atoms with E-state index in [1.807, 2.05) is 0 Å². The lowest BCUT2D eigenvalue weighted by molar-refractivity contribution is -0.145. The molecule has 106 valence electrons. The molecule has 0 bridgehead atoms. The number of hydrogen-bond acceptors (Lipinski definition) is 3. The van der Waals surface area contributed by atoms with Crippen LogP contribution in [-0.4, -0.2) is 17.0 Å². The van der Waals surface area contributed by atoms with Gasteiger partial charge in [-0.2, -0.15) is 0 Å². The number of carbonyl (C=O) groups excluding carboxylic acids is 1. The summed E-state index contributed by atoms with van der Waals surface area (Å²) in [7, 11) is 0. The molecule has 2 aromatic rings. The molecule has 0 fully saturated rings. The SMILES string of the molecule is O=C(O)CC1(c2ccccc2)C(=O)Oc2ccc(Cl)cc21. The number of benzene rings is 2. The second-order valence-electron chi connectivity index (χ2n) is 4.87. The van der Waals surface area contributed by atoms with Crippen LogP contribution >= 0.6 is 11.6 Å². The maximum Gasteiger partial charge on any atom is 0.327 e. The molecule has 1 N–H and O–H groups in total. The number of halogens is 1. The van der Waals surface area contributed by atoms with Crippen molar-refractivity contribution in [2.45, 2.75) is 11.8 Å². The summed E-state index contributed by atoms with van der Waals surface area (Å²) in [5, 5.41) is 9.70.